The Kier molecular flexibility index (Phi) is 3.89. The third-order valence-corrected chi connectivity index (χ3v) is 3.39. The summed E-state index contributed by atoms with van der Waals surface area (Å²) in [7, 11) is 0. The lowest BCUT2D eigenvalue weighted by Crippen LogP contribution is -2.27. The van der Waals surface area contributed by atoms with Crippen LogP contribution in [0.2, 0.25) is 5.02 Å². The SMILES string of the molecule is O=C(Cn1cnc2cc(Cl)ccc2c1=O)Nc1ccccc1. The largest absolute Gasteiger partial charge is 0.325 e. The number of halogens is 1. The lowest BCUT2D eigenvalue weighted by molar-refractivity contribution is -0.116. The molecule has 1 N–H and O–H groups in total. The summed E-state index contributed by atoms with van der Waals surface area (Å²) in [6.07, 6.45) is 1.35. The van der Waals surface area contributed by atoms with Gasteiger partial charge in [-0.25, -0.2) is 4.98 Å². The summed E-state index contributed by atoms with van der Waals surface area (Å²) in [4.78, 5) is 28.5. The Morgan fingerprint density at radius 1 is 1.18 bits per heavy atom. The zero-order valence-corrected chi connectivity index (χ0v) is 12.2. The van der Waals surface area contributed by atoms with Crippen molar-refractivity contribution in [1.29, 1.82) is 0 Å². The normalized spacial score (nSPS) is 10.6. The highest BCUT2D eigenvalue weighted by Crippen LogP contribution is 2.14. The van der Waals surface area contributed by atoms with E-state index in [-0.39, 0.29) is 18.0 Å². The molecule has 0 aliphatic rings. The first kappa shape index (κ1) is 14.3. The molecule has 0 saturated carbocycles. The summed E-state index contributed by atoms with van der Waals surface area (Å²) in [5, 5.41) is 3.67. The van der Waals surface area contributed by atoms with Gasteiger partial charge in [0, 0.05) is 10.7 Å². The van der Waals surface area contributed by atoms with Crippen molar-refractivity contribution in [3.8, 4) is 0 Å². The Balaban J connectivity index is 1.85. The maximum absolute atomic E-state index is 12.3. The molecule has 22 heavy (non-hydrogen) atoms. The molecular formula is C16H12ClN3O2. The Labute approximate surface area is 131 Å². The number of nitrogens with zero attached hydrogens (tertiary/aromatic N) is 2. The van der Waals surface area contributed by atoms with E-state index in [4.69, 9.17) is 11.6 Å². The van der Waals surface area contributed by atoms with E-state index < -0.39 is 0 Å². The van der Waals surface area contributed by atoms with E-state index in [2.05, 4.69) is 10.3 Å². The van der Waals surface area contributed by atoms with Gasteiger partial charge in [-0.15, -0.1) is 0 Å². The third kappa shape index (κ3) is 2.99. The summed E-state index contributed by atoms with van der Waals surface area (Å²) < 4.78 is 1.27. The molecular weight excluding hydrogens is 302 g/mol. The summed E-state index contributed by atoms with van der Waals surface area (Å²) >= 11 is 5.87. The summed E-state index contributed by atoms with van der Waals surface area (Å²) in [6.45, 7) is -0.0979. The van der Waals surface area contributed by atoms with Gasteiger partial charge in [-0.05, 0) is 30.3 Å². The van der Waals surface area contributed by atoms with Crippen LogP contribution in [-0.2, 0) is 11.3 Å². The lowest BCUT2D eigenvalue weighted by Gasteiger charge is -2.08. The van der Waals surface area contributed by atoms with Gasteiger partial charge in [0.15, 0.2) is 0 Å². The first-order valence-corrected chi connectivity index (χ1v) is 7.01. The maximum atomic E-state index is 12.3. The highest BCUT2D eigenvalue weighted by atomic mass is 35.5. The summed E-state index contributed by atoms with van der Waals surface area (Å²) in [5.41, 5.74) is 0.920. The second-order valence-electron chi connectivity index (χ2n) is 4.75. The highest BCUT2D eigenvalue weighted by molar-refractivity contribution is 6.31. The molecule has 110 valence electrons. The summed E-state index contributed by atoms with van der Waals surface area (Å²) in [6, 6.07) is 13.9. The number of hydrogen-bond donors (Lipinski definition) is 1. The monoisotopic (exact) mass is 313 g/mol. The number of anilines is 1. The Morgan fingerprint density at radius 3 is 2.73 bits per heavy atom. The van der Waals surface area contributed by atoms with Gasteiger partial charge in [0.25, 0.3) is 5.56 Å². The number of para-hydroxylation sites is 1. The van der Waals surface area contributed by atoms with Gasteiger partial charge in [-0.3, -0.25) is 14.2 Å². The number of hydrogen-bond acceptors (Lipinski definition) is 3. The molecule has 1 aromatic heterocycles. The molecule has 0 spiro atoms. The molecule has 0 radical (unpaired) electrons. The van der Waals surface area contributed by atoms with Crippen molar-refractivity contribution in [1.82, 2.24) is 9.55 Å². The smallest absolute Gasteiger partial charge is 0.261 e. The number of carbonyl (C=O) groups excluding carboxylic acids is 1. The molecule has 0 saturated heterocycles. The maximum Gasteiger partial charge on any atom is 0.261 e. The van der Waals surface area contributed by atoms with E-state index in [1.807, 2.05) is 18.2 Å². The molecule has 1 heterocycles. The van der Waals surface area contributed by atoms with E-state index in [0.717, 1.165) is 0 Å². The van der Waals surface area contributed by atoms with Gasteiger partial charge in [-0.1, -0.05) is 29.8 Å². The van der Waals surface area contributed by atoms with Crippen LogP contribution in [0, 0.1) is 0 Å². The van der Waals surface area contributed by atoms with Crippen LogP contribution >= 0.6 is 11.6 Å². The third-order valence-electron chi connectivity index (χ3n) is 3.16. The van der Waals surface area contributed by atoms with Crippen molar-refractivity contribution < 1.29 is 4.79 Å². The van der Waals surface area contributed by atoms with Gasteiger partial charge in [0.2, 0.25) is 5.91 Å². The van der Waals surface area contributed by atoms with Crippen molar-refractivity contribution >= 4 is 34.1 Å². The molecule has 0 bridgehead atoms. The number of aromatic nitrogens is 2. The van der Waals surface area contributed by atoms with Gasteiger partial charge >= 0.3 is 0 Å². The fourth-order valence-corrected chi connectivity index (χ4v) is 2.29. The van der Waals surface area contributed by atoms with E-state index >= 15 is 0 Å². The minimum atomic E-state index is -0.289. The minimum Gasteiger partial charge on any atom is -0.325 e. The lowest BCUT2D eigenvalue weighted by atomic mass is 10.2. The predicted octanol–water partition coefficient (Wildman–Crippen LogP) is 2.69. The number of rotatable bonds is 3. The fourth-order valence-electron chi connectivity index (χ4n) is 2.12. The van der Waals surface area contributed by atoms with Crippen LogP contribution in [0.15, 0.2) is 59.7 Å². The topological polar surface area (TPSA) is 64.0 Å². The average molecular weight is 314 g/mol. The van der Waals surface area contributed by atoms with Crippen LogP contribution in [-0.4, -0.2) is 15.5 Å². The van der Waals surface area contributed by atoms with Crippen molar-refractivity contribution in [3.63, 3.8) is 0 Å². The molecule has 5 nitrogen and oxygen atoms in total. The Hall–Kier alpha value is -2.66. The molecule has 2 aromatic carbocycles. The number of fused-ring (bicyclic) bond motifs is 1. The van der Waals surface area contributed by atoms with Crippen LogP contribution in [0.3, 0.4) is 0 Å². The Bertz CT molecular complexity index is 891. The van der Waals surface area contributed by atoms with Gasteiger partial charge in [-0.2, -0.15) is 0 Å². The molecule has 0 fully saturated rings. The van der Waals surface area contributed by atoms with Crippen molar-refractivity contribution in [2.24, 2.45) is 0 Å². The van der Waals surface area contributed by atoms with Gasteiger partial charge in [0.05, 0.1) is 17.2 Å². The highest BCUT2D eigenvalue weighted by Gasteiger charge is 2.08. The first-order chi connectivity index (χ1) is 10.6. The fraction of sp³-hybridized carbons (Fsp3) is 0.0625. The molecule has 3 rings (SSSR count). The van der Waals surface area contributed by atoms with Crippen molar-refractivity contribution in [2.45, 2.75) is 6.54 Å². The van der Waals surface area contributed by atoms with Crippen molar-refractivity contribution in [3.05, 3.63) is 70.2 Å². The Morgan fingerprint density at radius 2 is 1.95 bits per heavy atom. The average Bonchev–Trinajstić information content (AvgIpc) is 2.51. The quantitative estimate of drug-likeness (QED) is 0.808. The van der Waals surface area contributed by atoms with Crippen LogP contribution in [0.5, 0.6) is 0 Å². The number of carbonyl (C=O) groups is 1. The van der Waals surface area contributed by atoms with E-state index in [0.29, 0.717) is 21.6 Å². The second kappa shape index (κ2) is 5.99. The standard InChI is InChI=1S/C16H12ClN3O2/c17-11-6-7-13-14(8-11)18-10-20(16(13)22)9-15(21)19-12-4-2-1-3-5-12/h1-8,10H,9H2,(H,19,21). The zero-order chi connectivity index (χ0) is 15.5. The summed E-state index contributed by atoms with van der Waals surface area (Å²) in [5.74, 6) is -0.289. The first-order valence-electron chi connectivity index (χ1n) is 6.63. The van der Waals surface area contributed by atoms with Crippen molar-refractivity contribution in [2.75, 3.05) is 5.32 Å². The molecule has 0 aliphatic heterocycles. The molecule has 6 heteroatoms. The van der Waals surface area contributed by atoms with Crippen LogP contribution in [0.25, 0.3) is 10.9 Å². The van der Waals surface area contributed by atoms with E-state index in [1.54, 1.807) is 30.3 Å². The number of nitrogens with one attached hydrogen (secondary N) is 1. The number of amides is 1. The number of benzene rings is 2. The van der Waals surface area contributed by atoms with Gasteiger partial charge < -0.3 is 5.32 Å². The van der Waals surface area contributed by atoms with Crippen LogP contribution < -0.4 is 10.9 Å². The molecule has 1 amide bonds. The molecule has 0 aliphatic carbocycles. The van der Waals surface area contributed by atoms with E-state index in [9.17, 15) is 9.59 Å². The molecule has 0 atom stereocenters. The molecule has 3 aromatic rings. The van der Waals surface area contributed by atoms with Gasteiger partial charge in [0.1, 0.15) is 6.54 Å². The molecule has 0 unspecified atom stereocenters. The van der Waals surface area contributed by atoms with Crippen LogP contribution in [0.1, 0.15) is 0 Å². The minimum absolute atomic E-state index is 0.0979. The second-order valence-corrected chi connectivity index (χ2v) is 5.19. The predicted molar refractivity (Wildman–Crippen MR) is 86.1 cm³/mol. The van der Waals surface area contributed by atoms with E-state index in [1.165, 1.54) is 10.9 Å². The zero-order valence-electron chi connectivity index (χ0n) is 11.5. The van der Waals surface area contributed by atoms with Crippen LogP contribution in [0.4, 0.5) is 5.69 Å².